The Morgan fingerprint density at radius 3 is 2.12 bits per heavy atom. The van der Waals surface area contributed by atoms with Gasteiger partial charge in [0.05, 0.1) is 39.6 Å². The highest BCUT2D eigenvalue weighted by molar-refractivity contribution is 5.44. The molecule has 2 aromatic carbocycles. The third-order valence-corrected chi connectivity index (χ3v) is 4.50. The zero-order valence-electron chi connectivity index (χ0n) is 15.3. The quantitative estimate of drug-likeness (QED) is 0.820. The SMILES string of the molecule is COc1cc(OC)cc(Oc2ccc(CN(C)[C@@H]3COC[C@H]3O)cc2)c1. The van der Waals surface area contributed by atoms with Crippen molar-refractivity contribution in [3.05, 3.63) is 48.0 Å². The normalized spacial score (nSPS) is 19.6. The first-order chi connectivity index (χ1) is 12.6. The average molecular weight is 359 g/mol. The fraction of sp³-hybridized carbons (Fsp3) is 0.400. The van der Waals surface area contributed by atoms with E-state index in [0.29, 0.717) is 30.5 Å². The molecule has 3 rings (SSSR count). The Morgan fingerprint density at radius 2 is 1.58 bits per heavy atom. The van der Waals surface area contributed by atoms with Crippen LogP contribution in [0.15, 0.2) is 42.5 Å². The molecule has 6 heteroatoms. The molecule has 0 aliphatic carbocycles. The second-order valence-corrected chi connectivity index (χ2v) is 6.38. The van der Waals surface area contributed by atoms with Gasteiger partial charge in [-0.05, 0) is 24.7 Å². The number of nitrogens with zero attached hydrogens (tertiary/aromatic N) is 1. The topological polar surface area (TPSA) is 60.4 Å². The van der Waals surface area contributed by atoms with Crippen LogP contribution in [0.3, 0.4) is 0 Å². The van der Waals surface area contributed by atoms with Crippen LogP contribution in [0.25, 0.3) is 0 Å². The van der Waals surface area contributed by atoms with Gasteiger partial charge in [0.25, 0.3) is 0 Å². The van der Waals surface area contributed by atoms with Crippen molar-refractivity contribution in [1.82, 2.24) is 4.90 Å². The molecular weight excluding hydrogens is 334 g/mol. The van der Waals surface area contributed by atoms with Crippen LogP contribution < -0.4 is 14.2 Å². The molecule has 0 spiro atoms. The molecular formula is C20H25NO5. The van der Waals surface area contributed by atoms with Crippen molar-refractivity contribution >= 4 is 0 Å². The number of rotatable bonds is 7. The fourth-order valence-electron chi connectivity index (χ4n) is 3.00. The summed E-state index contributed by atoms with van der Waals surface area (Å²) in [5, 5.41) is 9.92. The lowest BCUT2D eigenvalue weighted by atomic mass is 10.1. The Morgan fingerprint density at radius 1 is 0.962 bits per heavy atom. The summed E-state index contributed by atoms with van der Waals surface area (Å²) in [6.07, 6.45) is -0.425. The Balaban J connectivity index is 1.64. The second kappa shape index (κ2) is 8.40. The summed E-state index contributed by atoms with van der Waals surface area (Å²) in [6.45, 7) is 1.71. The molecule has 2 atom stereocenters. The number of ether oxygens (including phenoxy) is 4. The molecule has 1 heterocycles. The molecule has 0 radical (unpaired) electrons. The number of aliphatic hydroxyl groups is 1. The first kappa shape index (κ1) is 18.5. The Hall–Kier alpha value is -2.28. The van der Waals surface area contributed by atoms with Crippen molar-refractivity contribution < 1.29 is 24.1 Å². The van der Waals surface area contributed by atoms with Crippen LogP contribution in [0.4, 0.5) is 0 Å². The monoisotopic (exact) mass is 359 g/mol. The van der Waals surface area contributed by atoms with E-state index in [-0.39, 0.29) is 6.04 Å². The molecule has 1 fully saturated rings. The number of hydrogen-bond donors (Lipinski definition) is 1. The van der Waals surface area contributed by atoms with Crippen molar-refractivity contribution in [2.24, 2.45) is 0 Å². The van der Waals surface area contributed by atoms with E-state index in [1.807, 2.05) is 43.4 Å². The molecule has 0 saturated carbocycles. The van der Waals surface area contributed by atoms with Gasteiger partial charge < -0.3 is 24.1 Å². The van der Waals surface area contributed by atoms with Gasteiger partial charge >= 0.3 is 0 Å². The zero-order chi connectivity index (χ0) is 18.5. The van der Waals surface area contributed by atoms with E-state index in [1.54, 1.807) is 20.3 Å². The molecule has 1 saturated heterocycles. The maximum absolute atomic E-state index is 9.92. The summed E-state index contributed by atoms with van der Waals surface area (Å²) in [5.74, 6) is 2.73. The first-order valence-corrected chi connectivity index (χ1v) is 8.55. The molecule has 0 bridgehead atoms. The molecule has 26 heavy (non-hydrogen) atoms. The van der Waals surface area contributed by atoms with Crippen LogP contribution >= 0.6 is 0 Å². The van der Waals surface area contributed by atoms with Crippen LogP contribution in [0.1, 0.15) is 5.56 Å². The molecule has 1 N–H and O–H groups in total. The van der Waals surface area contributed by atoms with Gasteiger partial charge in [0.2, 0.25) is 0 Å². The van der Waals surface area contributed by atoms with Gasteiger partial charge in [-0.15, -0.1) is 0 Å². The minimum atomic E-state index is -0.425. The number of hydrogen-bond acceptors (Lipinski definition) is 6. The van der Waals surface area contributed by atoms with Gasteiger partial charge in [-0.1, -0.05) is 12.1 Å². The van der Waals surface area contributed by atoms with Crippen molar-refractivity contribution in [3.8, 4) is 23.0 Å². The number of likely N-dealkylation sites (N-methyl/N-ethyl adjacent to an activating group) is 1. The highest BCUT2D eigenvalue weighted by atomic mass is 16.5. The molecule has 140 valence electrons. The van der Waals surface area contributed by atoms with Crippen molar-refractivity contribution in [3.63, 3.8) is 0 Å². The minimum absolute atomic E-state index is 0.0372. The Kier molecular flexibility index (Phi) is 5.98. The van der Waals surface area contributed by atoms with Crippen LogP contribution in [-0.4, -0.2) is 56.6 Å². The third-order valence-electron chi connectivity index (χ3n) is 4.50. The summed E-state index contributed by atoms with van der Waals surface area (Å²) in [6, 6.07) is 13.4. The fourth-order valence-corrected chi connectivity index (χ4v) is 3.00. The predicted molar refractivity (Wildman–Crippen MR) is 98.1 cm³/mol. The Bertz CT molecular complexity index is 696. The maximum Gasteiger partial charge on any atom is 0.134 e. The van der Waals surface area contributed by atoms with Crippen LogP contribution in [-0.2, 0) is 11.3 Å². The highest BCUT2D eigenvalue weighted by Gasteiger charge is 2.29. The Labute approximate surface area is 153 Å². The van der Waals surface area contributed by atoms with Crippen LogP contribution in [0.2, 0.25) is 0 Å². The predicted octanol–water partition coefficient (Wildman–Crippen LogP) is 2.69. The van der Waals surface area contributed by atoms with Crippen LogP contribution in [0.5, 0.6) is 23.0 Å². The summed E-state index contributed by atoms with van der Waals surface area (Å²) < 4.78 is 21.7. The van der Waals surface area contributed by atoms with Crippen LogP contribution in [0, 0.1) is 0 Å². The molecule has 0 amide bonds. The maximum atomic E-state index is 9.92. The zero-order valence-corrected chi connectivity index (χ0v) is 15.3. The molecule has 6 nitrogen and oxygen atoms in total. The molecule has 2 aromatic rings. The van der Waals surface area contributed by atoms with E-state index in [9.17, 15) is 5.11 Å². The largest absolute Gasteiger partial charge is 0.496 e. The molecule has 1 aliphatic rings. The lowest BCUT2D eigenvalue weighted by Crippen LogP contribution is -2.39. The van der Waals surface area contributed by atoms with Gasteiger partial charge in [-0.3, -0.25) is 4.90 Å². The third kappa shape index (κ3) is 4.46. The van der Waals surface area contributed by atoms with Gasteiger partial charge in [0, 0.05) is 24.7 Å². The van der Waals surface area contributed by atoms with E-state index in [1.165, 1.54) is 0 Å². The molecule has 0 aromatic heterocycles. The van der Waals surface area contributed by atoms with E-state index in [4.69, 9.17) is 18.9 Å². The minimum Gasteiger partial charge on any atom is -0.496 e. The lowest BCUT2D eigenvalue weighted by Gasteiger charge is -2.25. The average Bonchev–Trinajstić information content (AvgIpc) is 3.09. The van der Waals surface area contributed by atoms with Gasteiger partial charge in [0.1, 0.15) is 23.0 Å². The van der Waals surface area contributed by atoms with Gasteiger partial charge in [-0.2, -0.15) is 0 Å². The van der Waals surface area contributed by atoms with Crippen molar-refractivity contribution in [2.45, 2.75) is 18.7 Å². The van der Waals surface area contributed by atoms with Gasteiger partial charge in [-0.25, -0.2) is 0 Å². The van der Waals surface area contributed by atoms with E-state index >= 15 is 0 Å². The highest BCUT2D eigenvalue weighted by Crippen LogP contribution is 2.31. The second-order valence-electron chi connectivity index (χ2n) is 6.38. The van der Waals surface area contributed by atoms with Crippen molar-refractivity contribution in [2.75, 3.05) is 34.5 Å². The van der Waals surface area contributed by atoms with E-state index in [0.717, 1.165) is 17.9 Å². The van der Waals surface area contributed by atoms with Gasteiger partial charge in [0.15, 0.2) is 0 Å². The standard InChI is InChI=1S/C20H25NO5/c1-21(19-12-25-13-20(19)22)11-14-4-6-15(7-5-14)26-18-9-16(23-2)8-17(10-18)24-3/h4-10,19-20,22H,11-13H2,1-3H3/t19-,20-/m1/s1. The number of aliphatic hydroxyl groups excluding tert-OH is 1. The summed E-state index contributed by atoms with van der Waals surface area (Å²) in [7, 11) is 5.21. The summed E-state index contributed by atoms with van der Waals surface area (Å²) in [4.78, 5) is 2.11. The number of benzene rings is 2. The molecule has 0 unspecified atom stereocenters. The smallest absolute Gasteiger partial charge is 0.134 e. The summed E-state index contributed by atoms with van der Waals surface area (Å²) in [5.41, 5.74) is 1.14. The number of methoxy groups -OCH3 is 2. The molecule has 1 aliphatic heterocycles. The van der Waals surface area contributed by atoms with E-state index in [2.05, 4.69) is 4.90 Å². The van der Waals surface area contributed by atoms with Crippen molar-refractivity contribution in [1.29, 1.82) is 0 Å². The first-order valence-electron chi connectivity index (χ1n) is 8.55. The summed E-state index contributed by atoms with van der Waals surface area (Å²) >= 11 is 0. The lowest BCUT2D eigenvalue weighted by molar-refractivity contribution is 0.0925. The van der Waals surface area contributed by atoms with E-state index < -0.39 is 6.10 Å².